The van der Waals surface area contributed by atoms with Gasteiger partial charge in [-0.2, -0.15) is 0 Å². The highest BCUT2D eigenvalue weighted by Crippen LogP contribution is 2.28. The number of carbonyl (C=O) groups excluding carboxylic acids is 1. The van der Waals surface area contributed by atoms with Gasteiger partial charge in [-0.3, -0.25) is 4.79 Å². The number of rotatable bonds is 4. The van der Waals surface area contributed by atoms with Crippen molar-refractivity contribution in [2.75, 3.05) is 19.6 Å². The van der Waals surface area contributed by atoms with E-state index in [-0.39, 0.29) is 17.9 Å². The fourth-order valence-corrected chi connectivity index (χ4v) is 2.47. The first-order valence-corrected chi connectivity index (χ1v) is 7.37. The maximum atomic E-state index is 12.0. The van der Waals surface area contributed by atoms with Crippen molar-refractivity contribution in [2.45, 2.75) is 19.4 Å². The SMILES string of the molecule is CC(CN)C(=O)N1CCC(Oc2ccc(Cl)c(Cl)c2)C1. The van der Waals surface area contributed by atoms with Gasteiger partial charge in [-0.25, -0.2) is 0 Å². The van der Waals surface area contributed by atoms with Crippen molar-refractivity contribution in [2.24, 2.45) is 11.7 Å². The van der Waals surface area contributed by atoms with E-state index >= 15 is 0 Å². The standard InChI is InChI=1S/C14H18Cl2N2O2/c1-9(7-17)14(19)18-5-4-11(8-18)20-10-2-3-12(15)13(16)6-10/h2-3,6,9,11H,4-5,7-8,17H2,1H3. The van der Waals surface area contributed by atoms with Crippen LogP contribution in [0.15, 0.2) is 18.2 Å². The minimum absolute atomic E-state index is 0.0128. The monoisotopic (exact) mass is 316 g/mol. The Labute approximate surface area is 128 Å². The first-order chi connectivity index (χ1) is 9.51. The van der Waals surface area contributed by atoms with Crippen LogP contribution in [-0.2, 0) is 4.79 Å². The lowest BCUT2D eigenvalue weighted by molar-refractivity contribution is -0.133. The highest BCUT2D eigenvalue weighted by molar-refractivity contribution is 6.42. The summed E-state index contributed by atoms with van der Waals surface area (Å²) in [6, 6.07) is 5.17. The number of amides is 1. The van der Waals surface area contributed by atoms with Crippen LogP contribution in [0, 0.1) is 5.92 Å². The van der Waals surface area contributed by atoms with Gasteiger partial charge in [0.05, 0.1) is 16.6 Å². The first-order valence-electron chi connectivity index (χ1n) is 6.62. The molecule has 0 aromatic heterocycles. The number of nitrogens with zero attached hydrogens (tertiary/aromatic N) is 1. The summed E-state index contributed by atoms with van der Waals surface area (Å²) in [4.78, 5) is 13.8. The molecule has 6 heteroatoms. The van der Waals surface area contributed by atoms with Gasteiger partial charge in [-0.15, -0.1) is 0 Å². The van der Waals surface area contributed by atoms with Crippen LogP contribution in [0.4, 0.5) is 0 Å². The van der Waals surface area contributed by atoms with E-state index in [1.165, 1.54) is 0 Å². The molecule has 2 rings (SSSR count). The average molecular weight is 317 g/mol. The summed E-state index contributed by atoms with van der Waals surface area (Å²) >= 11 is 11.8. The Hall–Kier alpha value is -0.970. The minimum Gasteiger partial charge on any atom is -0.488 e. The quantitative estimate of drug-likeness (QED) is 0.928. The van der Waals surface area contributed by atoms with Crippen LogP contribution in [0.1, 0.15) is 13.3 Å². The number of hydrogen-bond donors (Lipinski definition) is 1. The summed E-state index contributed by atoms with van der Waals surface area (Å²) in [6.07, 6.45) is 0.796. The Kier molecular flexibility index (Phi) is 5.13. The van der Waals surface area contributed by atoms with E-state index in [4.69, 9.17) is 33.7 Å². The number of benzene rings is 1. The first kappa shape index (κ1) is 15.4. The van der Waals surface area contributed by atoms with Crippen LogP contribution in [0.5, 0.6) is 5.75 Å². The molecule has 2 atom stereocenters. The topological polar surface area (TPSA) is 55.6 Å². The van der Waals surface area contributed by atoms with Crippen molar-refractivity contribution in [1.29, 1.82) is 0 Å². The molecule has 1 heterocycles. The van der Waals surface area contributed by atoms with Crippen molar-refractivity contribution >= 4 is 29.1 Å². The Bertz CT molecular complexity index is 496. The zero-order chi connectivity index (χ0) is 14.7. The van der Waals surface area contributed by atoms with E-state index in [1.807, 2.05) is 6.92 Å². The number of nitrogens with two attached hydrogens (primary N) is 1. The van der Waals surface area contributed by atoms with Crippen molar-refractivity contribution in [1.82, 2.24) is 4.90 Å². The molecule has 1 aliphatic heterocycles. The summed E-state index contributed by atoms with van der Waals surface area (Å²) in [5.74, 6) is 0.622. The molecule has 0 aliphatic carbocycles. The summed E-state index contributed by atoms with van der Waals surface area (Å²) in [5.41, 5.74) is 5.52. The fraction of sp³-hybridized carbons (Fsp3) is 0.500. The molecule has 110 valence electrons. The molecule has 0 radical (unpaired) electrons. The lowest BCUT2D eigenvalue weighted by Crippen LogP contribution is -2.37. The molecule has 1 fully saturated rings. The molecule has 20 heavy (non-hydrogen) atoms. The Morgan fingerprint density at radius 1 is 1.50 bits per heavy atom. The molecule has 2 unspecified atom stereocenters. The molecule has 0 spiro atoms. The predicted octanol–water partition coefficient (Wildman–Crippen LogP) is 2.57. The van der Waals surface area contributed by atoms with Crippen LogP contribution in [-0.4, -0.2) is 36.5 Å². The van der Waals surface area contributed by atoms with E-state index in [0.717, 1.165) is 6.42 Å². The van der Waals surface area contributed by atoms with Gasteiger partial charge in [-0.1, -0.05) is 30.1 Å². The zero-order valence-electron chi connectivity index (χ0n) is 11.3. The number of hydrogen-bond acceptors (Lipinski definition) is 3. The van der Waals surface area contributed by atoms with Gasteiger partial charge in [0, 0.05) is 31.5 Å². The molecule has 1 aliphatic rings. The van der Waals surface area contributed by atoms with Crippen LogP contribution in [0.2, 0.25) is 10.0 Å². The normalized spacial score (nSPS) is 20.0. The van der Waals surface area contributed by atoms with Gasteiger partial charge in [0.1, 0.15) is 11.9 Å². The molecule has 0 bridgehead atoms. The highest BCUT2D eigenvalue weighted by Gasteiger charge is 2.29. The highest BCUT2D eigenvalue weighted by atomic mass is 35.5. The summed E-state index contributed by atoms with van der Waals surface area (Å²) in [6.45, 7) is 3.50. The third kappa shape index (κ3) is 3.57. The lowest BCUT2D eigenvalue weighted by Gasteiger charge is -2.20. The van der Waals surface area contributed by atoms with Gasteiger partial charge in [-0.05, 0) is 12.1 Å². The third-order valence-corrected chi connectivity index (χ3v) is 4.16. The predicted molar refractivity (Wildman–Crippen MR) is 80.3 cm³/mol. The molecule has 1 aromatic rings. The summed E-state index contributed by atoms with van der Waals surface area (Å²) in [7, 11) is 0. The maximum absolute atomic E-state index is 12.0. The van der Waals surface area contributed by atoms with Gasteiger partial charge < -0.3 is 15.4 Å². The smallest absolute Gasteiger partial charge is 0.226 e. The Morgan fingerprint density at radius 3 is 2.90 bits per heavy atom. The molecule has 2 N–H and O–H groups in total. The van der Waals surface area contributed by atoms with Gasteiger partial charge >= 0.3 is 0 Å². The number of ether oxygens (including phenoxy) is 1. The molecule has 1 aromatic carbocycles. The van der Waals surface area contributed by atoms with Crippen LogP contribution in [0.25, 0.3) is 0 Å². The van der Waals surface area contributed by atoms with E-state index < -0.39 is 0 Å². The lowest BCUT2D eigenvalue weighted by atomic mass is 10.1. The van der Waals surface area contributed by atoms with Gasteiger partial charge in [0.2, 0.25) is 5.91 Å². The van der Waals surface area contributed by atoms with E-state index in [1.54, 1.807) is 23.1 Å². The molecule has 1 saturated heterocycles. The van der Waals surface area contributed by atoms with E-state index in [9.17, 15) is 4.79 Å². The van der Waals surface area contributed by atoms with Gasteiger partial charge in [0.25, 0.3) is 0 Å². The molecular formula is C14H18Cl2N2O2. The van der Waals surface area contributed by atoms with Crippen molar-refractivity contribution in [3.63, 3.8) is 0 Å². The maximum Gasteiger partial charge on any atom is 0.226 e. The van der Waals surface area contributed by atoms with Crippen LogP contribution >= 0.6 is 23.2 Å². The van der Waals surface area contributed by atoms with Crippen LogP contribution in [0.3, 0.4) is 0 Å². The molecule has 1 amide bonds. The van der Waals surface area contributed by atoms with Crippen LogP contribution < -0.4 is 10.5 Å². The van der Waals surface area contributed by atoms with E-state index in [0.29, 0.717) is 35.4 Å². The molecule has 4 nitrogen and oxygen atoms in total. The molecule has 0 saturated carbocycles. The zero-order valence-corrected chi connectivity index (χ0v) is 12.8. The number of carbonyl (C=O) groups is 1. The summed E-state index contributed by atoms with van der Waals surface area (Å²) < 4.78 is 5.84. The van der Waals surface area contributed by atoms with Crippen molar-refractivity contribution < 1.29 is 9.53 Å². The Balaban J connectivity index is 1.93. The number of likely N-dealkylation sites (tertiary alicyclic amines) is 1. The number of halogens is 2. The van der Waals surface area contributed by atoms with Crippen molar-refractivity contribution in [3.8, 4) is 5.75 Å². The van der Waals surface area contributed by atoms with E-state index in [2.05, 4.69) is 0 Å². The average Bonchev–Trinajstić information content (AvgIpc) is 2.89. The van der Waals surface area contributed by atoms with Gasteiger partial charge in [0.15, 0.2) is 0 Å². The fourth-order valence-electron chi connectivity index (χ4n) is 2.18. The van der Waals surface area contributed by atoms with Crippen molar-refractivity contribution in [3.05, 3.63) is 28.2 Å². The Morgan fingerprint density at radius 2 is 2.25 bits per heavy atom. The third-order valence-electron chi connectivity index (χ3n) is 3.43. The largest absolute Gasteiger partial charge is 0.488 e. The molecular weight excluding hydrogens is 299 g/mol. The second-order valence-corrected chi connectivity index (χ2v) is 5.84. The second-order valence-electron chi connectivity index (χ2n) is 5.03. The second kappa shape index (κ2) is 6.66. The summed E-state index contributed by atoms with van der Waals surface area (Å²) in [5, 5.41) is 0.964. The minimum atomic E-state index is -0.140.